The van der Waals surface area contributed by atoms with Crippen LogP contribution in [-0.4, -0.2) is 30.3 Å². The molecule has 102 valence electrons. The summed E-state index contributed by atoms with van der Waals surface area (Å²) in [5.41, 5.74) is 1.95. The van der Waals surface area contributed by atoms with Crippen molar-refractivity contribution in [1.29, 1.82) is 0 Å². The second-order valence-electron chi connectivity index (χ2n) is 5.13. The number of nitrogens with zero attached hydrogens (tertiary/aromatic N) is 2. The van der Waals surface area contributed by atoms with Gasteiger partial charge in [-0.25, -0.2) is 4.79 Å². The van der Waals surface area contributed by atoms with Crippen molar-refractivity contribution in [2.75, 3.05) is 18.5 Å². The highest BCUT2D eigenvalue weighted by Crippen LogP contribution is 2.27. The van der Waals surface area contributed by atoms with Gasteiger partial charge in [-0.15, -0.1) is 0 Å². The number of carbonyl (C=O) groups is 2. The Balaban J connectivity index is 2.28. The van der Waals surface area contributed by atoms with Crippen LogP contribution in [0.2, 0.25) is 0 Å². The third kappa shape index (κ3) is 2.62. The van der Waals surface area contributed by atoms with E-state index in [-0.39, 0.29) is 24.3 Å². The molecule has 0 radical (unpaired) electrons. The zero-order valence-corrected chi connectivity index (χ0v) is 11.7. The zero-order chi connectivity index (χ0) is 14.0. The lowest BCUT2D eigenvalue weighted by molar-refractivity contribution is -0.121. The minimum Gasteiger partial charge on any atom is -0.323 e. The van der Waals surface area contributed by atoms with E-state index in [9.17, 15) is 9.59 Å². The van der Waals surface area contributed by atoms with E-state index in [1.54, 1.807) is 16.8 Å². The largest absolute Gasteiger partial charge is 0.324 e. The summed E-state index contributed by atoms with van der Waals surface area (Å²) in [6, 6.07) is 7.66. The smallest absolute Gasteiger partial charge is 0.323 e. The molecule has 0 aliphatic carbocycles. The quantitative estimate of drug-likeness (QED) is 0.835. The number of urea groups is 1. The molecule has 4 heteroatoms. The minimum absolute atomic E-state index is 0.00723. The van der Waals surface area contributed by atoms with Crippen LogP contribution in [0.5, 0.6) is 0 Å². The van der Waals surface area contributed by atoms with E-state index in [0.717, 1.165) is 17.7 Å². The van der Waals surface area contributed by atoms with Crippen molar-refractivity contribution in [3.05, 3.63) is 29.8 Å². The second kappa shape index (κ2) is 5.43. The van der Waals surface area contributed by atoms with Gasteiger partial charge in [0.05, 0.1) is 12.2 Å². The maximum atomic E-state index is 12.2. The fourth-order valence-corrected chi connectivity index (χ4v) is 2.23. The molecule has 2 amide bonds. The van der Waals surface area contributed by atoms with E-state index >= 15 is 0 Å². The normalized spacial score (nSPS) is 16.3. The van der Waals surface area contributed by atoms with E-state index in [1.165, 1.54) is 0 Å². The molecule has 1 aliphatic heterocycles. The van der Waals surface area contributed by atoms with Crippen molar-refractivity contribution >= 4 is 17.5 Å². The van der Waals surface area contributed by atoms with Crippen molar-refractivity contribution in [2.24, 2.45) is 5.92 Å². The number of anilines is 1. The number of amides is 2. The summed E-state index contributed by atoms with van der Waals surface area (Å²) < 4.78 is 0. The maximum Gasteiger partial charge on any atom is 0.324 e. The van der Waals surface area contributed by atoms with Crippen LogP contribution in [0.3, 0.4) is 0 Å². The summed E-state index contributed by atoms with van der Waals surface area (Å²) in [4.78, 5) is 27.6. The Hall–Kier alpha value is -1.84. The SMILES string of the molecule is CCC(C)C(=O)CN1C(=O)N(C)Cc2ccccc21. The summed E-state index contributed by atoms with van der Waals surface area (Å²) in [7, 11) is 1.76. The Labute approximate surface area is 114 Å². The van der Waals surface area contributed by atoms with Gasteiger partial charge >= 0.3 is 6.03 Å². The van der Waals surface area contributed by atoms with E-state index in [2.05, 4.69) is 0 Å². The van der Waals surface area contributed by atoms with Gasteiger partial charge in [0, 0.05) is 19.5 Å². The Morgan fingerprint density at radius 1 is 1.37 bits per heavy atom. The molecule has 1 atom stereocenters. The minimum atomic E-state index is -0.102. The van der Waals surface area contributed by atoms with Crippen LogP contribution in [0.4, 0.5) is 10.5 Å². The van der Waals surface area contributed by atoms with Gasteiger partial charge in [-0.1, -0.05) is 32.0 Å². The molecule has 19 heavy (non-hydrogen) atoms. The van der Waals surface area contributed by atoms with Gasteiger partial charge in [0.25, 0.3) is 0 Å². The number of Topliss-reactive ketones (excluding diaryl/α,β-unsaturated/α-hetero) is 1. The standard InChI is InChI=1S/C15H20N2O2/c1-4-11(2)14(18)10-17-13-8-6-5-7-12(13)9-16(3)15(17)19/h5-8,11H,4,9-10H2,1-3H3. The number of ketones is 1. The van der Waals surface area contributed by atoms with Crippen LogP contribution in [-0.2, 0) is 11.3 Å². The van der Waals surface area contributed by atoms with Gasteiger partial charge in [-0.05, 0) is 18.1 Å². The van der Waals surface area contributed by atoms with Gasteiger partial charge in [-0.3, -0.25) is 9.69 Å². The predicted octanol–water partition coefficient (Wildman–Crippen LogP) is 2.67. The highest BCUT2D eigenvalue weighted by Gasteiger charge is 2.29. The van der Waals surface area contributed by atoms with Crippen molar-refractivity contribution in [1.82, 2.24) is 4.90 Å². The maximum absolute atomic E-state index is 12.2. The summed E-state index contributed by atoms with van der Waals surface area (Å²) in [5.74, 6) is 0.105. The van der Waals surface area contributed by atoms with Crippen LogP contribution in [0, 0.1) is 5.92 Å². The van der Waals surface area contributed by atoms with E-state index in [0.29, 0.717) is 6.54 Å². The van der Waals surface area contributed by atoms with E-state index < -0.39 is 0 Å². The first-order valence-electron chi connectivity index (χ1n) is 6.67. The molecule has 2 rings (SSSR count). The van der Waals surface area contributed by atoms with Crippen molar-refractivity contribution in [3.63, 3.8) is 0 Å². The molecule has 1 aromatic rings. The number of fused-ring (bicyclic) bond motifs is 1. The molecule has 0 N–H and O–H groups in total. The first-order chi connectivity index (χ1) is 9.04. The highest BCUT2D eigenvalue weighted by molar-refractivity contribution is 6.00. The lowest BCUT2D eigenvalue weighted by Gasteiger charge is -2.35. The molecule has 0 saturated carbocycles. The Bertz CT molecular complexity index is 499. The van der Waals surface area contributed by atoms with Gasteiger partial charge in [0.15, 0.2) is 5.78 Å². The van der Waals surface area contributed by atoms with Crippen LogP contribution >= 0.6 is 0 Å². The van der Waals surface area contributed by atoms with Gasteiger partial charge in [0.1, 0.15) is 0 Å². The number of hydrogen-bond acceptors (Lipinski definition) is 2. The average molecular weight is 260 g/mol. The molecule has 4 nitrogen and oxygen atoms in total. The van der Waals surface area contributed by atoms with Crippen molar-refractivity contribution in [2.45, 2.75) is 26.8 Å². The lowest BCUT2D eigenvalue weighted by atomic mass is 10.0. The monoisotopic (exact) mass is 260 g/mol. The Morgan fingerprint density at radius 2 is 2.05 bits per heavy atom. The zero-order valence-electron chi connectivity index (χ0n) is 11.7. The van der Waals surface area contributed by atoms with Gasteiger partial charge in [0.2, 0.25) is 0 Å². The van der Waals surface area contributed by atoms with E-state index in [1.807, 2.05) is 38.1 Å². The molecule has 1 heterocycles. The third-order valence-electron chi connectivity index (χ3n) is 3.72. The molecule has 0 aromatic heterocycles. The van der Waals surface area contributed by atoms with Gasteiger partial charge < -0.3 is 4.90 Å². The van der Waals surface area contributed by atoms with Gasteiger partial charge in [-0.2, -0.15) is 0 Å². The Morgan fingerprint density at radius 3 is 2.74 bits per heavy atom. The molecule has 0 spiro atoms. The number of benzene rings is 1. The molecule has 1 unspecified atom stereocenters. The van der Waals surface area contributed by atoms with Crippen molar-refractivity contribution in [3.8, 4) is 0 Å². The van der Waals surface area contributed by atoms with Crippen LogP contribution in [0.25, 0.3) is 0 Å². The molecule has 1 aliphatic rings. The number of rotatable bonds is 4. The van der Waals surface area contributed by atoms with Crippen molar-refractivity contribution < 1.29 is 9.59 Å². The predicted molar refractivity (Wildman–Crippen MR) is 75.1 cm³/mol. The first-order valence-corrected chi connectivity index (χ1v) is 6.67. The highest BCUT2D eigenvalue weighted by atomic mass is 16.2. The molecular formula is C15H20N2O2. The number of carbonyl (C=O) groups excluding carboxylic acids is 2. The topological polar surface area (TPSA) is 40.6 Å². The molecular weight excluding hydrogens is 240 g/mol. The number of hydrogen-bond donors (Lipinski definition) is 0. The molecule has 0 fully saturated rings. The second-order valence-corrected chi connectivity index (χ2v) is 5.13. The fraction of sp³-hybridized carbons (Fsp3) is 0.467. The summed E-state index contributed by atoms with van der Waals surface area (Å²) >= 11 is 0. The third-order valence-corrected chi connectivity index (χ3v) is 3.72. The molecule has 0 bridgehead atoms. The van der Waals surface area contributed by atoms with Crippen LogP contribution in [0.15, 0.2) is 24.3 Å². The lowest BCUT2D eigenvalue weighted by Crippen LogP contribution is -2.48. The number of para-hydroxylation sites is 1. The summed E-state index contributed by atoms with van der Waals surface area (Å²) in [6.07, 6.45) is 0.804. The fourth-order valence-electron chi connectivity index (χ4n) is 2.23. The summed E-state index contributed by atoms with van der Waals surface area (Å²) in [5, 5.41) is 0. The van der Waals surface area contributed by atoms with Crippen LogP contribution in [0.1, 0.15) is 25.8 Å². The molecule has 1 aromatic carbocycles. The first kappa shape index (κ1) is 13.6. The Kier molecular flexibility index (Phi) is 3.88. The van der Waals surface area contributed by atoms with E-state index in [4.69, 9.17) is 0 Å². The molecule has 0 saturated heterocycles. The van der Waals surface area contributed by atoms with Crippen LogP contribution < -0.4 is 4.90 Å². The average Bonchev–Trinajstić information content (AvgIpc) is 2.42. The summed E-state index contributed by atoms with van der Waals surface area (Å²) in [6.45, 7) is 4.66.